The fourth-order valence-electron chi connectivity index (χ4n) is 3.25. The van der Waals surface area contributed by atoms with Gasteiger partial charge in [-0.2, -0.15) is 0 Å². The van der Waals surface area contributed by atoms with Crippen molar-refractivity contribution in [1.82, 2.24) is 4.90 Å². The smallest absolute Gasteiger partial charge is 0.264 e. The predicted octanol–water partition coefficient (Wildman–Crippen LogP) is 7.93. The first-order chi connectivity index (χ1) is 15.7. The quantitative estimate of drug-likeness (QED) is 0.274. The Labute approximate surface area is 225 Å². The van der Waals surface area contributed by atoms with E-state index in [1.807, 2.05) is 31.2 Å². The van der Waals surface area contributed by atoms with Gasteiger partial charge in [-0.25, -0.2) is 4.90 Å². The van der Waals surface area contributed by atoms with Gasteiger partial charge in [-0.3, -0.25) is 9.59 Å². The van der Waals surface area contributed by atoms with E-state index in [0.29, 0.717) is 23.3 Å². The zero-order chi connectivity index (χ0) is 24.1. The van der Waals surface area contributed by atoms with Crippen LogP contribution in [0.25, 0.3) is 0 Å². The highest BCUT2D eigenvalue weighted by molar-refractivity contribution is 9.11. The van der Waals surface area contributed by atoms with Crippen molar-refractivity contribution in [2.45, 2.75) is 26.0 Å². The molecule has 1 aliphatic heterocycles. The van der Waals surface area contributed by atoms with Crippen molar-refractivity contribution in [2.24, 2.45) is 0 Å². The number of hydrogen-bond acceptors (Lipinski definition) is 4. The van der Waals surface area contributed by atoms with Crippen LogP contribution in [0.15, 0.2) is 78.6 Å². The zero-order valence-electron chi connectivity index (χ0n) is 17.4. The highest BCUT2D eigenvalue weighted by atomic mass is 79.9. The molecule has 4 rings (SSSR count). The van der Waals surface area contributed by atoms with E-state index in [2.05, 4.69) is 63.7 Å². The molecule has 0 radical (unpaired) electrons. The Hall–Kier alpha value is -1.68. The van der Waals surface area contributed by atoms with Crippen LogP contribution in [0.2, 0.25) is 0 Å². The van der Waals surface area contributed by atoms with E-state index in [0.717, 1.165) is 24.3 Å². The molecule has 1 N–H and O–H groups in total. The molecule has 172 valence electrons. The fraction of sp³-hybridized carbons (Fsp3) is 0.167. The van der Waals surface area contributed by atoms with Crippen LogP contribution in [0.1, 0.15) is 40.5 Å². The van der Waals surface area contributed by atoms with Crippen LogP contribution in [0.5, 0.6) is 11.5 Å². The van der Waals surface area contributed by atoms with Crippen LogP contribution in [-0.4, -0.2) is 28.0 Å². The molecule has 0 aromatic heterocycles. The maximum absolute atomic E-state index is 12.7. The molecule has 0 spiro atoms. The van der Waals surface area contributed by atoms with Crippen LogP contribution in [0.3, 0.4) is 0 Å². The van der Waals surface area contributed by atoms with Gasteiger partial charge >= 0.3 is 0 Å². The second kappa shape index (κ2) is 11.6. The highest BCUT2D eigenvalue weighted by Gasteiger charge is 2.40. The molecule has 33 heavy (non-hydrogen) atoms. The lowest BCUT2D eigenvalue weighted by Crippen LogP contribution is -2.43. The molecule has 0 aliphatic carbocycles. The molecule has 1 aliphatic rings. The molecule has 1 unspecified atom stereocenters. The third kappa shape index (κ3) is 6.68. The van der Waals surface area contributed by atoms with Gasteiger partial charge in [0.1, 0.15) is 11.5 Å². The van der Waals surface area contributed by atoms with Crippen molar-refractivity contribution in [1.29, 1.82) is 0 Å². The van der Waals surface area contributed by atoms with Crippen molar-refractivity contribution >= 4 is 75.5 Å². The Morgan fingerprint density at radius 1 is 0.818 bits per heavy atom. The Balaban J connectivity index is 0.000000286. The van der Waals surface area contributed by atoms with E-state index < -0.39 is 6.23 Å². The molecule has 3 aromatic carbocycles. The first-order valence-electron chi connectivity index (χ1n) is 9.94. The summed E-state index contributed by atoms with van der Waals surface area (Å²) in [5.41, 5.74) is 0.866. The third-order valence-electron chi connectivity index (χ3n) is 4.60. The Morgan fingerprint density at radius 2 is 1.27 bits per heavy atom. The minimum Gasteiger partial charge on any atom is -0.508 e. The van der Waals surface area contributed by atoms with E-state index >= 15 is 0 Å². The van der Waals surface area contributed by atoms with Crippen LogP contribution in [0, 0.1) is 0 Å². The van der Waals surface area contributed by atoms with E-state index in [4.69, 9.17) is 9.84 Å². The molecule has 1 heterocycles. The van der Waals surface area contributed by atoms with Gasteiger partial charge in [-0.15, -0.1) is 0 Å². The number of carbonyl (C=O) groups is 2. The highest BCUT2D eigenvalue weighted by Crippen LogP contribution is 2.30. The van der Waals surface area contributed by atoms with E-state index in [1.54, 1.807) is 36.4 Å². The third-order valence-corrected chi connectivity index (χ3v) is 6.44. The summed E-state index contributed by atoms with van der Waals surface area (Å²) in [6, 6.07) is 17.5. The van der Waals surface area contributed by atoms with E-state index in [9.17, 15) is 9.59 Å². The molecule has 1 atom stereocenters. The number of halogens is 4. The van der Waals surface area contributed by atoms with Crippen molar-refractivity contribution in [3.8, 4) is 11.5 Å². The first kappa shape index (κ1) is 25.9. The second-order valence-corrected chi connectivity index (χ2v) is 10.8. The molecule has 2 amide bonds. The molecular weight excluding hydrogens is 686 g/mol. The van der Waals surface area contributed by atoms with Gasteiger partial charge in [-0.05, 0) is 48.5 Å². The van der Waals surface area contributed by atoms with Gasteiger partial charge in [-0.1, -0.05) is 89.2 Å². The van der Waals surface area contributed by atoms with Gasteiger partial charge in [0.25, 0.3) is 11.8 Å². The Morgan fingerprint density at radius 3 is 1.70 bits per heavy atom. The number of benzene rings is 3. The summed E-state index contributed by atoms with van der Waals surface area (Å²) in [6.45, 7) is 1.99. The molecule has 0 saturated carbocycles. The average Bonchev–Trinajstić information content (AvgIpc) is 2.97. The number of phenols is 1. The predicted molar refractivity (Wildman–Crippen MR) is 142 cm³/mol. The van der Waals surface area contributed by atoms with Gasteiger partial charge < -0.3 is 9.84 Å². The molecular formula is C24H19Br4NO4. The molecule has 0 bridgehead atoms. The van der Waals surface area contributed by atoms with Crippen molar-refractivity contribution in [3.05, 3.63) is 89.7 Å². The van der Waals surface area contributed by atoms with Crippen LogP contribution in [-0.2, 0) is 0 Å². The summed E-state index contributed by atoms with van der Waals surface area (Å²) in [4.78, 5) is 26.5. The Kier molecular flexibility index (Phi) is 9.15. The standard InChI is InChI=1S/C18H15Br2NO3.C6H4Br2O/c1-2-5-16(24-13-9-11(19)8-12(20)10-13)21-17(22)14-6-3-4-7-15(14)18(21)23;7-4-1-5(8)3-6(9)2-4/h3-4,6-10,16H,2,5H2,1H3;1-3,9H. The van der Waals surface area contributed by atoms with Crippen LogP contribution >= 0.6 is 63.7 Å². The normalized spacial score (nSPS) is 13.3. The van der Waals surface area contributed by atoms with E-state index in [-0.39, 0.29) is 17.6 Å². The van der Waals surface area contributed by atoms with Gasteiger partial charge in [0.15, 0.2) is 6.23 Å². The minimum absolute atomic E-state index is 0.260. The molecule has 0 fully saturated rings. The van der Waals surface area contributed by atoms with Gasteiger partial charge in [0.2, 0.25) is 0 Å². The number of phenolic OH excluding ortho intramolecular Hbond substituents is 1. The largest absolute Gasteiger partial charge is 0.508 e. The van der Waals surface area contributed by atoms with Crippen LogP contribution in [0.4, 0.5) is 0 Å². The summed E-state index contributed by atoms with van der Waals surface area (Å²) in [5, 5.41) is 8.93. The lowest BCUT2D eigenvalue weighted by Gasteiger charge is -2.26. The number of hydrogen-bond donors (Lipinski definition) is 1. The second-order valence-electron chi connectivity index (χ2n) is 7.12. The zero-order valence-corrected chi connectivity index (χ0v) is 23.7. The minimum atomic E-state index is -0.636. The summed E-state index contributed by atoms with van der Waals surface area (Å²) < 4.78 is 9.44. The number of carbonyl (C=O) groups excluding carboxylic acids is 2. The Bertz CT molecular complexity index is 1080. The first-order valence-corrected chi connectivity index (χ1v) is 13.1. The average molecular weight is 705 g/mol. The SMILES string of the molecule is CCCC(Oc1cc(Br)cc(Br)c1)N1C(=O)c2ccccc2C1=O.Oc1cc(Br)cc(Br)c1. The summed E-state index contributed by atoms with van der Waals surface area (Å²) in [5.74, 6) is 0.244. The lowest BCUT2D eigenvalue weighted by atomic mass is 10.1. The van der Waals surface area contributed by atoms with Crippen molar-refractivity contribution in [3.63, 3.8) is 0 Å². The number of rotatable bonds is 5. The lowest BCUT2D eigenvalue weighted by molar-refractivity contribution is 0.0207. The number of aromatic hydroxyl groups is 1. The maximum Gasteiger partial charge on any atom is 0.264 e. The number of nitrogens with zero attached hydrogens (tertiary/aromatic N) is 1. The van der Waals surface area contributed by atoms with Gasteiger partial charge in [0.05, 0.1) is 11.1 Å². The van der Waals surface area contributed by atoms with Crippen LogP contribution < -0.4 is 4.74 Å². The summed E-state index contributed by atoms with van der Waals surface area (Å²) in [7, 11) is 0. The fourth-order valence-corrected chi connectivity index (χ4v) is 5.77. The monoisotopic (exact) mass is 701 g/mol. The molecule has 9 heteroatoms. The van der Waals surface area contributed by atoms with E-state index in [1.165, 1.54) is 4.90 Å². The number of amides is 2. The maximum atomic E-state index is 12.7. The molecule has 0 saturated heterocycles. The number of ether oxygens (including phenoxy) is 1. The molecule has 5 nitrogen and oxygen atoms in total. The van der Waals surface area contributed by atoms with Crippen molar-refractivity contribution < 1.29 is 19.4 Å². The number of imide groups is 1. The molecule has 3 aromatic rings. The number of fused-ring (bicyclic) bond motifs is 1. The van der Waals surface area contributed by atoms with Gasteiger partial charge in [0, 0.05) is 24.3 Å². The topological polar surface area (TPSA) is 66.8 Å². The summed E-state index contributed by atoms with van der Waals surface area (Å²) >= 11 is 13.3. The van der Waals surface area contributed by atoms with Crippen molar-refractivity contribution in [2.75, 3.05) is 0 Å². The summed E-state index contributed by atoms with van der Waals surface area (Å²) in [6.07, 6.45) is 0.714.